The first kappa shape index (κ1) is 18.9. The molecule has 0 fully saturated rings. The predicted molar refractivity (Wildman–Crippen MR) is 8.28 cm³/mol. The molecule has 0 aromatic rings. The van der Waals surface area contributed by atoms with Gasteiger partial charge in [-0.05, 0) is 0 Å². The van der Waals surface area contributed by atoms with Gasteiger partial charge in [0.2, 0.25) is 0 Å². The Bertz CT molecular complexity index is 8.00. The molecule has 31 valence electrons. The van der Waals surface area contributed by atoms with Gasteiger partial charge in [0.05, 0.1) is 0 Å². The van der Waals surface area contributed by atoms with E-state index < -0.39 is 0 Å². The summed E-state index contributed by atoms with van der Waals surface area (Å²) >= 11 is 3.77. The fourth-order valence-corrected chi connectivity index (χ4v) is 0. The fourth-order valence-electron chi connectivity index (χ4n) is 0. The Morgan fingerprint density at radius 2 is 1.25 bits per heavy atom. The van der Waals surface area contributed by atoms with Crippen molar-refractivity contribution in [1.82, 2.24) is 0 Å². The van der Waals surface area contributed by atoms with Crippen LogP contribution in [0.1, 0.15) is 0 Å². The van der Waals surface area contributed by atoms with Crippen molar-refractivity contribution in [2.24, 2.45) is 0 Å². The first-order valence-electron chi connectivity index (χ1n) is 0.123. The van der Waals surface area contributed by atoms with E-state index in [0.717, 1.165) is 0 Å². The van der Waals surface area contributed by atoms with Crippen LogP contribution in [0.3, 0.4) is 0 Å². The van der Waals surface area contributed by atoms with Crippen molar-refractivity contribution in [3.05, 3.63) is 0 Å². The van der Waals surface area contributed by atoms with Crippen molar-refractivity contribution in [1.29, 1.82) is 0 Å². The van der Waals surface area contributed by atoms with Crippen LogP contribution in [0.15, 0.2) is 0 Å². The third-order valence-electron chi connectivity index (χ3n) is 0. The third kappa shape index (κ3) is 10.7. The van der Waals surface area contributed by atoms with Crippen LogP contribution in [0.2, 0.25) is 0 Å². The molecule has 0 aliphatic rings. The third-order valence-corrected chi connectivity index (χ3v) is 0. The molecule has 0 heterocycles. The molecule has 0 aliphatic carbocycles. The van der Waals surface area contributed by atoms with Gasteiger partial charge in [-0.25, -0.2) is 0 Å². The molecule has 0 bridgehead atoms. The Hall–Kier alpha value is 1.22. The normalized spacial score (nSPS) is 1.50. The van der Waals surface area contributed by atoms with E-state index in [9.17, 15) is 0 Å². The van der Waals surface area contributed by atoms with Crippen LogP contribution in [0.5, 0.6) is 0 Å². The molecule has 0 spiro atoms. The van der Waals surface area contributed by atoms with Gasteiger partial charge in [-0.15, -0.1) is 0 Å². The van der Waals surface area contributed by atoms with Crippen molar-refractivity contribution >= 4 is 10.6 Å². The Balaban J connectivity index is -0.00000000500. The molecule has 0 saturated carbocycles. The van der Waals surface area contributed by atoms with Crippen LogP contribution in [-0.2, 0) is 36.9 Å². The predicted octanol–water partition coefficient (Wildman–Crippen LogP) is 0.524. The minimum atomic E-state index is 0. The van der Waals surface area contributed by atoms with Crippen molar-refractivity contribution in [3.63, 3.8) is 0 Å². The van der Waals surface area contributed by atoms with Crippen LogP contribution in [0.25, 0.3) is 0 Å². The summed E-state index contributed by atoms with van der Waals surface area (Å²) in [5.74, 6) is 0. The first-order valence-corrected chi connectivity index (χ1v) is 1.52. The maximum absolute atomic E-state index is 3.77. The second-order valence-electron chi connectivity index (χ2n) is 0. The summed E-state index contributed by atoms with van der Waals surface area (Å²) in [6.07, 6.45) is 0. The molecule has 0 unspecified atom stereocenters. The second-order valence-corrected chi connectivity index (χ2v) is 0. The summed E-state index contributed by atoms with van der Waals surface area (Å²) in [5, 5.41) is 0. The topological polar surface area (TPSA) is 28.5 Å². The Morgan fingerprint density at radius 3 is 1.25 bits per heavy atom. The molecule has 0 aromatic carbocycles. The summed E-state index contributed by atoms with van der Waals surface area (Å²) in [6, 6.07) is 0. The van der Waals surface area contributed by atoms with Gasteiger partial charge in [0, 0.05) is 0 Å². The van der Waals surface area contributed by atoms with E-state index >= 15 is 0 Å². The van der Waals surface area contributed by atoms with Crippen LogP contribution < -0.4 is 0 Å². The van der Waals surface area contributed by atoms with E-state index in [-0.39, 0.29) is 22.5 Å². The molecule has 4 heavy (non-hydrogen) atoms. The molecule has 0 amide bonds. The minimum absolute atomic E-state index is 0. The van der Waals surface area contributed by atoms with Crippen molar-refractivity contribution in [2.75, 3.05) is 0 Å². The van der Waals surface area contributed by atoms with Crippen LogP contribution in [-0.4, -0.2) is 0 Å². The molecule has 0 rings (SSSR count). The van der Waals surface area contributed by atoms with Crippen molar-refractivity contribution in [2.45, 2.75) is 0 Å². The Morgan fingerprint density at radius 1 is 1.25 bits per heavy atom. The Labute approximate surface area is 47.6 Å². The average Bonchev–Trinajstić information content (AvgIpc) is 1.00. The zero-order valence-electron chi connectivity index (χ0n) is 1.47. The van der Waals surface area contributed by atoms with Gasteiger partial charge in [-0.2, -0.15) is 0 Å². The van der Waals surface area contributed by atoms with E-state index in [1.165, 1.54) is 0 Å². The molecule has 1 nitrogen and oxygen atoms in total. The molecule has 0 atom stereocenters. The maximum atomic E-state index is 3.77. The number of hydrogen-bond acceptors (Lipinski definition) is 1. The van der Waals surface area contributed by atoms with Crippen LogP contribution in [0, 0.1) is 0 Å². The van der Waals surface area contributed by atoms with Crippen LogP contribution in [0.4, 0.5) is 0 Å². The quantitative estimate of drug-likeness (QED) is 0.484. The first-order chi connectivity index (χ1) is 1.00. The molecule has 0 radical (unpaired) electrons. The standard InChI is InChI=1S/Cu.Fe.O.S/q;+2;-2;. The number of hydrogen-bond donors (Lipinski definition) is 0. The summed E-state index contributed by atoms with van der Waals surface area (Å²) in [6.45, 7) is 0. The SMILES string of the molecule is [Fe+2].[O-2].[S]=[Cu]. The molecule has 0 aliphatic heterocycles. The zero-order valence-corrected chi connectivity index (χ0v) is 4.33. The zero-order chi connectivity index (χ0) is 2.00. The molecule has 4 heteroatoms. The summed E-state index contributed by atoms with van der Waals surface area (Å²) in [5.41, 5.74) is 0. The van der Waals surface area contributed by atoms with E-state index in [4.69, 9.17) is 0 Å². The van der Waals surface area contributed by atoms with E-state index in [0.29, 0.717) is 0 Å². The van der Waals surface area contributed by atoms with Crippen LogP contribution >= 0.6 is 10.6 Å². The summed E-state index contributed by atoms with van der Waals surface area (Å²) in [4.78, 5) is 0. The van der Waals surface area contributed by atoms with Gasteiger partial charge >= 0.3 is 42.0 Å². The van der Waals surface area contributed by atoms with E-state index in [1.54, 1.807) is 0 Å². The number of rotatable bonds is 0. The van der Waals surface area contributed by atoms with Gasteiger partial charge in [-0.1, -0.05) is 0 Å². The molecule has 0 aromatic heterocycles. The van der Waals surface area contributed by atoms with E-state index in [2.05, 4.69) is 24.9 Å². The van der Waals surface area contributed by atoms with Gasteiger partial charge in [0.1, 0.15) is 0 Å². The van der Waals surface area contributed by atoms with Gasteiger partial charge < -0.3 is 5.48 Å². The second kappa shape index (κ2) is 29.4. The van der Waals surface area contributed by atoms with Crippen molar-refractivity contribution in [3.8, 4) is 0 Å². The van der Waals surface area contributed by atoms with E-state index in [1.807, 2.05) is 0 Å². The average molecular weight is 167 g/mol. The summed E-state index contributed by atoms with van der Waals surface area (Å²) < 4.78 is 0. The fraction of sp³-hybridized carbons (Fsp3) is 0. The molecular weight excluding hydrogens is 167 g/mol. The molecule has 0 N–H and O–H groups in total. The molecule has 0 saturated heterocycles. The van der Waals surface area contributed by atoms with Gasteiger partial charge in [-0.3, -0.25) is 0 Å². The van der Waals surface area contributed by atoms with Crippen molar-refractivity contribution < 1.29 is 36.9 Å². The summed E-state index contributed by atoms with van der Waals surface area (Å²) in [7, 11) is 3.65. The van der Waals surface area contributed by atoms with Gasteiger partial charge in [0.15, 0.2) is 0 Å². The monoisotopic (exact) mass is 167 g/mol. The van der Waals surface area contributed by atoms with Gasteiger partial charge in [0.25, 0.3) is 0 Å². The Kier molecular flexibility index (Phi) is 139. The molecular formula is CuFeOS.